The summed E-state index contributed by atoms with van der Waals surface area (Å²) in [5.41, 5.74) is 4.37. The van der Waals surface area contributed by atoms with Gasteiger partial charge in [-0.05, 0) is 132 Å². The molecule has 0 spiro atoms. The maximum Gasteiger partial charge on any atom is 0.306 e. The van der Waals surface area contributed by atoms with Crippen LogP contribution in [0.2, 0.25) is 0 Å². The summed E-state index contributed by atoms with van der Waals surface area (Å²) < 4.78 is 50.5. The van der Waals surface area contributed by atoms with E-state index in [4.69, 9.17) is 37.9 Å². The number of ketones is 1. The summed E-state index contributed by atoms with van der Waals surface area (Å²) in [5, 5.41) is 0. The third-order valence-electron chi connectivity index (χ3n) is 15.1. The molecule has 11 nitrogen and oxygen atoms in total. The van der Waals surface area contributed by atoms with Crippen molar-refractivity contribution in [1.29, 1.82) is 0 Å². The molecule has 0 bridgehead atoms. The molecule has 3 aliphatic heterocycles. The molecule has 3 aliphatic carbocycles. The van der Waals surface area contributed by atoms with Gasteiger partial charge in [0, 0.05) is 39.2 Å². The number of cyclic esters (lactones) is 1. The fourth-order valence-corrected chi connectivity index (χ4v) is 11.8. The van der Waals surface area contributed by atoms with E-state index < -0.39 is 18.3 Å². The quantitative estimate of drug-likeness (QED) is 0.206. The second-order valence-electron chi connectivity index (χ2n) is 18.7. The smallest absolute Gasteiger partial charge is 0.306 e. The van der Waals surface area contributed by atoms with E-state index in [0.29, 0.717) is 12.5 Å². The summed E-state index contributed by atoms with van der Waals surface area (Å²) in [5.74, 6) is -0.507. The minimum absolute atomic E-state index is 0.0193. The van der Waals surface area contributed by atoms with Crippen LogP contribution in [-0.2, 0) is 53.9 Å². The molecule has 1 aromatic rings. The van der Waals surface area contributed by atoms with Crippen molar-refractivity contribution in [3.05, 3.63) is 53.1 Å². The zero-order valence-corrected chi connectivity index (χ0v) is 37.9. The zero-order valence-electron chi connectivity index (χ0n) is 37.9. The molecule has 3 heterocycles. The Kier molecular flexibility index (Phi) is 15.1. The van der Waals surface area contributed by atoms with Crippen LogP contribution in [-0.4, -0.2) is 120 Å². The minimum atomic E-state index is -0.630. The van der Waals surface area contributed by atoms with Gasteiger partial charge in [0.1, 0.15) is 24.4 Å². The van der Waals surface area contributed by atoms with E-state index in [-0.39, 0.29) is 96.8 Å². The normalized spacial score (nSPS) is 41.4. The van der Waals surface area contributed by atoms with Crippen molar-refractivity contribution < 1.29 is 47.5 Å². The maximum absolute atomic E-state index is 15.2. The summed E-state index contributed by atoms with van der Waals surface area (Å²) in [7, 11) is 9.19. The number of nitrogens with zero attached hydrogens (tertiary/aromatic N) is 1. The molecule has 60 heavy (non-hydrogen) atoms. The summed E-state index contributed by atoms with van der Waals surface area (Å²) in [4.78, 5) is 31.4. The zero-order chi connectivity index (χ0) is 42.8. The minimum Gasteiger partial charge on any atom is -0.462 e. The van der Waals surface area contributed by atoms with Crippen molar-refractivity contribution in [2.75, 3.05) is 35.4 Å². The van der Waals surface area contributed by atoms with Crippen LogP contribution in [0.1, 0.15) is 104 Å². The number of hydrogen-bond acceptors (Lipinski definition) is 11. The first kappa shape index (κ1) is 45.5. The highest BCUT2D eigenvalue weighted by molar-refractivity contribution is 5.99. The average Bonchev–Trinajstić information content (AvgIpc) is 3.82. The van der Waals surface area contributed by atoms with E-state index in [1.165, 1.54) is 11.1 Å². The predicted molar refractivity (Wildman–Crippen MR) is 229 cm³/mol. The molecular formula is C49H73NO10. The Morgan fingerprint density at radius 1 is 0.783 bits per heavy atom. The average molecular weight is 836 g/mol. The van der Waals surface area contributed by atoms with Crippen molar-refractivity contribution in [2.45, 2.75) is 166 Å². The van der Waals surface area contributed by atoms with Gasteiger partial charge in [-0.2, -0.15) is 0 Å². The van der Waals surface area contributed by atoms with E-state index in [1.54, 1.807) is 21.3 Å². The molecule has 0 amide bonds. The number of esters is 1. The van der Waals surface area contributed by atoms with Crippen molar-refractivity contribution in [3.8, 4) is 0 Å². The van der Waals surface area contributed by atoms with Crippen LogP contribution in [0.3, 0.4) is 0 Å². The Labute approximate surface area is 359 Å². The predicted octanol–water partition coefficient (Wildman–Crippen LogP) is 7.58. The number of ether oxygens (including phenoxy) is 8. The number of aryl methyl sites for hydroxylation is 1. The third-order valence-corrected chi connectivity index (χ3v) is 15.1. The van der Waals surface area contributed by atoms with Gasteiger partial charge in [-0.25, -0.2) is 0 Å². The molecule has 8 unspecified atom stereocenters. The number of fused-ring (bicyclic) bond motifs is 5. The molecular weight excluding hydrogens is 763 g/mol. The van der Waals surface area contributed by atoms with E-state index in [9.17, 15) is 4.79 Å². The first-order valence-corrected chi connectivity index (χ1v) is 23.0. The Hall–Kier alpha value is -2.48. The number of carbonyl (C=O) groups excluding carboxylic acids is 2. The van der Waals surface area contributed by atoms with Crippen molar-refractivity contribution in [1.82, 2.24) is 4.90 Å². The topological polar surface area (TPSA) is 111 Å². The molecule has 334 valence electrons. The molecule has 4 fully saturated rings. The summed E-state index contributed by atoms with van der Waals surface area (Å²) in [6.45, 7) is 10.4. The SMILES string of the molecule is CCc1ccc(C2=CC3C[C@@H](OC4OC(C)C(OC)C(OC)C4OC)C[C@H]3[C@@H]3C=C4C(=O)[C@H](C)[C@@H](O[C@H]5CC[C@H](N(C)C)C(C)O5)CCC[C@H](CC)OC(=O)C[C@H]4C23)cc1. The van der Waals surface area contributed by atoms with E-state index >= 15 is 4.79 Å². The van der Waals surface area contributed by atoms with Crippen molar-refractivity contribution in [2.24, 2.45) is 35.5 Å². The van der Waals surface area contributed by atoms with Gasteiger partial charge in [-0.3, -0.25) is 9.59 Å². The van der Waals surface area contributed by atoms with Crippen LogP contribution in [0.25, 0.3) is 5.57 Å². The fraction of sp³-hybridized carbons (Fsp3) is 0.755. The van der Waals surface area contributed by atoms with Gasteiger partial charge in [-0.15, -0.1) is 0 Å². The van der Waals surface area contributed by atoms with E-state index in [2.05, 4.69) is 76.2 Å². The van der Waals surface area contributed by atoms with Crippen LogP contribution in [0, 0.1) is 35.5 Å². The summed E-state index contributed by atoms with van der Waals surface area (Å²) in [6, 6.07) is 9.18. The Morgan fingerprint density at radius 3 is 2.17 bits per heavy atom. The van der Waals surface area contributed by atoms with Crippen LogP contribution >= 0.6 is 0 Å². The number of carbonyl (C=O) groups is 2. The second kappa shape index (κ2) is 19.9. The van der Waals surface area contributed by atoms with E-state index in [0.717, 1.165) is 62.5 Å². The number of hydrogen-bond donors (Lipinski definition) is 0. The first-order chi connectivity index (χ1) is 28.9. The number of benzene rings is 1. The van der Waals surface area contributed by atoms with Gasteiger partial charge in [0.2, 0.25) is 0 Å². The van der Waals surface area contributed by atoms with Crippen LogP contribution < -0.4 is 0 Å². The van der Waals surface area contributed by atoms with Gasteiger partial charge in [0.05, 0.1) is 30.8 Å². The monoisotopic (exact) mass is 836 g/mol. The summed E-state index contributed by atoms with van der Waals surface area (Å²) in [6.07, 6.45) is 9.16. The number of rotatable bonds is 11. The number of allylic oxidation sites excluding steroid dienone is 4. The molecule has 0 aromatic heterocycles. The molecule has 0 radical (unpaired) electrons. The molecule has 17 atom stereocenters. The molecule has 6 aliphatic rings. The van der Waals surface area contributed by atoms with Gasteiger partial charge < -0.3 is 42.8 Å². The highest BCUT2D eigenvalue weighted by atomic mass is 16.7. The Bertz CT molecular complexity index is 1680. The lowest BCUT2D eigenvalue weighted by molar-refractivity contribution is -0.314. The number of likely N-dealkylation sites (N-methyl/N-ethyl adjacent to an activating group) is 1. The standard InChI is InChI=1S/C49H73NO10/c1-11-30-16-18-31(19-17-30)36-23-32-22-34(59-49-48(55-10)47(54-9)46(53-8)29(5)57-49)24-35(32)37-25-39-38(44(36)37)26-42(51)58-33(12-2)14-13-15-41(27(3)45(39)52)60-43-21-20-40(50(6)7)28(4)56-43/h16-19,23,25,27-29,32-35,37-38,40-41,43-44,46-49H,11-15,20-22,24,26H2,1-10H3/t27-,28?,29?,32?,33+,34-,35-,37+,38-,40+,41+,43+,44?,46?,47?,48?,49?/m1/s1. The van der Waals surface area contributed by atoms with Gasteiger partial charge >= 0.3 is 5.97 Å². The third kappa shape index (κ3) is 9.40. The van der Waals surface area contributed by atoms with Crippen LogP contribution in [0.5, 0.6) is 0 Å². The Balaban J connectivity index is 1.21. The summed E-state index contributed by atoms with van der Waals surface area (Å²) >= 11 is 0. The lowest BCUT2D eigenvalue weighted by Crippen LogP contribution is -2.59. The highest BCUT2D eigenvalue weighted by Crippen LogP contribution is 2.58. The van der Waals surface area contributed by atoms with Gasteiger partial charge in [0.25, 0.3) is 0 Å². The molecule has 1 aromatic carbocycles. The molecule has 3 saturated heterocycles. The first-order valence-electron chi connectivity index (χ1n) is 23.0. The largest absolute Gasteiger partial charge is 0.462 e. The number of methoxy groups -OCH3 is 3. The van der Waals surface area contributed by atoms with Crippen LogP contribution in [0.4, 0.5) is 0 Å². The number of Topliss-reactive ketones (excluding diaryl/α,β-unsaturated/α-hetero) is 1. The lowest BCUT2D eigenvalue weighted by atomic mass is 9.65. The highest BCUT2D eigenvalue weighted by Gasteiger charge is 2.54. The molecule has 11 heteroatoms. The Morgan fingerprint density at radius 2 is 1.52 bits per heavy atom. The fourth-order valence-electron chi connectivity index (χ4n) is 11.8. The van der Waals surface area contributed by atoms with E-state index in [1.807, 2.05) is 13.8 Å². The van der Waals surface area contributed by atoms with Gasteiger partial charge in [-0.1, -0.05) is 57.2 Å². The van der Waals surface area contributed by atoms with Crippen molar-refractivity contribution >= 4 is 17.3 Å². The molecule has 0 N–H and O–H groups in total. The maximum atomic E-state index is 15.2. The molecule has 1 saturated carbocycles. The van der Waals surface area contributed by atoms with Crippen LogP contribution in [0.15, 0.2) is 42.0 Å². The van der Waals surface area contributed by atoms with Crippen molar-refractivity contribution in [3.63, 3.8) is 0 Å². The molecule has 7 rings (SSSR count). The van der Waals surface area contributed by atoms with Gasteiger partial charge in [0.15, 0.2) is 18.4 Å². The lowest BCUT2D eigenvalue weighted by Gasteiger charge is -2.44. The second-order valence-corrected chi connectivity index (χ2v) is 18.7.